The molecule has 16 heavy (non-hydrogen) atoms. The first-order chi connectivity index (χ1) is 7.81. The lowest BCUT2D eigenvalue weighted by Gasteiger charge is -2.41. The largest absolute Gasteiger partial charge is 0.311 e. The van der Waals surface area contributed by atoms with Crippen molar-refractivity contribution in [3.63, 3.8) is 0 Å². The molecule has 2 aliphatic rings. The van der Waals surface area contributed by atoms with E-state index in [9.17, 15) is 4.39 Å². The summed E-state index contributed by atoms with van der Waals surface area (Å²) in [4.78, 5) is 0. The highest BCUT2D eigenvalue weighted by Crippen LogP contribution is 2.38. The van der Waals surface area contributed by atoms with Crippen LogP contribution < -0.4 is 5.32 Å². The molecule has 0 unspecified atom stereocenters. The van der Waals surface area contributed by atoms with E-state index in [2.05, 4.69) is 5.32 Å². The lowest BCUT2D eigenvalue weighted by Crippen LogP contribution is -2.48. The number of rotatable bonds is 3. The molecule has 2 heteroatoms. The van der Waals surface area contributed by atoms with Crippen molar-refractivity contribution in [3.8, 4) is 0 Å². The molecule has 1 N–H and O–H groups in total. The van der Waals surface area contributed by atoms with Crippen LogP contribution in [0.25, 0.3) is 0 Å². The molecule has 1 nitrogen and oxygen atoms in total. The summed E-state index contributed by atoms with van der Waals surface area (Å²) in [6.07, 6.45) is 6.44. The third-order valence-electron chi connectivity index (χ3n) is 4.03. The van der Waals surface area contributed by atoms with Gasteiger partial charge < -0.3 is 5.32 Å². The van der Waals surface area contributed by atoms with Gasteiger partial charge in [-0.05, 0) is 49.3 Å². The van der Waals surface area contributed by atoms with Crippen molar-refractivity contribution >= 4 is 0 Å². The maximum atomic E-state index is 13.0. The van der Waals surface area contributed by atoms with Crippen molar-refractivity contribution in [1.82, 2.24) is 5.32 Å². The summed E-state index contributed by atoms with van der Waals surface area (Å²) >= 11 is 0. The normalized spacial score (nSPS) is 29.6. The molecule has 1 aromatic carbocycles. The fourth-order valence-electron chi connectivity index (χ4n) is 2.69. The zero-order chi connectivity index (χ0) is 11.0. The average Bonchev–Trinajstić information content (AvgIpc) is 2.12. The van der Waals surface area contributed by atoms with E-state index in [4.69, 9.17) is 0 Å². The predicted octanol–water partition coefficient (Wildman–Crippen LogP) is 3.21. The Morgan fingerprint density at radius 1 is 1.12 bits per heavy atom. The summed E-state index contributed by atoms with van der Waals surface area (Å²) in [6, 6.07) is 8.53. The number of hydrogen-bond donors (Lipinski definition) is 1. The summed E-state index contributed by atoms with van der Waals surface area (Å²) in [5.41, 5.74) is 1.17. The lowest BCUT2D eigenvalue weighted by atomic mass is 9.75. The number of hydrogen-bond acceptors (Lipinski definition) is 1. The molecule has 0 saturated heterocycles. The second-order valence-corrected chi connectivity index (χ2v) is 5.21. The van der Waals surface area contributed by atoms with Gasteiger partial charge in [-0.15, -0.1) is 0 Å². The molecule has 0 amide bonds. The zero-order valence-corrected chi connectivity index (χ0v) is 9.45. The number of benzene rings is 1. The van der Waals surface area contributed by atoms with Crippen molar-refractivity contribution in [1.29, 1.82) is 0 Å². The fraction of sp³-hybridized carbons (Fsp3) is 0.571. The molecule has 3 rings (SSSR count). The van der Waals surface area contributed by atoms with Crippen LogP contribution >= 0.6 is 0 Å². The molecular weight excluding hydrogens is 201 g/mol. The second kappa shape index (κ2) is 4.17. The lowest BCUT2D eigenvalue weighted by molar-refractivity contribution is 0.220. The van der Waals surface area contributed by atoms with Crippen molar-refractivity contribution in [2.45, 2.75) is 50.1 Å². The van der Waals surface area contributed by atoms with Crippen molar-refractivity contribution in [3.05, 3.63) is 35.6 Å². The topological polar surface area (TPSA) is 12.0 Å². The van der Waals surface area contributed by atoms with E-state index in [0.29, 0.717) is 12.0 Å². The van der Waals surface area contributed by atoms with Crippen LogP contribution in [0, 0.1) is 5.82 Å². The van der Waals surface area contributed by atoms with Gasteiger partial charge in [0, 0.05) is 12.1 Å². The maximum Gasteiger partial charge on any atom is 0.123 e. The highest BCUT2D eigenvalue weighted by atomic mass is 19.1. The van der Waals surface area contributed by atoms with Gasteiger partial charge in [-0.3, -0.25) is 0 Å². The molecule has 0 bridgehead atoms. The molecule has 2 saturated carbocycles. The molecule has 0 aliphatic heterocycles. The summed E-state index contributed by atoms with van der Waals surface area (Å²) in [6.45, 7) is 0. The van der Waals surface area contributed by atoms with Gasteiger partial charge in [-0.25, -0.2) is 4.39 Å². The van der Waals surface area contributed by atoms with Crippen LogP contribution in [0.2, 0.25) is 0 Å². The van der Waals surface area contributed by atoms with Crippen molar-refractivity contribution in [2.24, 2.45) is 0 Å². The quantitative estimate of drug-likeness (QED) is 0.823. The van der Waals surface area contributed by atoms with Crippen LogP contribution in [0.1, 0.15) is 43.6 Å². The molecule has 0 radical (unpaired) electrons. The molecule has 0 aromatic heterocycles. The SMILES string of the molecule is Fc1cccc(C2CC(NC3CCC3)C2)c1. The number of halogens is 1. The van der Waals surface area contributed by atoms with Crippen LogP contribution in [-0.4, -0.2) is 12.1 Å². The Balaban J connectivity index is 1.52. The molecule has 0 atom stereocenters. The first kappa shape index (κ1) is 10.3. The summed E-state index contributed by atoms with van der Waals surface area (Å²) in [7, 11) is 0. The highest BCUT2D eigenvalue weighted by molar-refractivity contribution is 5.23. The van der Waals surface area contributed by atoms with Crippen LogP contribution in [0.15, 0.2) is 24.3 Å². The summed E-state index contributed by atoms with van der Waals surface area (Å²) in [5.74, 6) is 0.473. The Morgan fingerprint density at radius 3 is 2.56 bits per heavy atom. The van der Waals surface area contributed by atoms with Gasteiger partial charge in [-0.2, -0.15) is 0 Å². The van der Waals surface area contributed by atoms with Crippen molar-refractivity contribution in [2.75, 3.05) is 0 Å². The number of nitrogens with one attached hydrogen (secondary N) is 1. The molecule has 0 spiro atoms. The Labute approximate surface area is 96.1 Å². The monoisotopic (exact) mass is 219 g/mol. The second-order valence-electron chi connectivity index (χ2n) is 5.21. The van der Waals surface area contributed by atoms with Gasteiger partial charge >= 0.3 is 0 Å². The van der Waals surface area contributed by atoms with Crippen LogP contribution in [0.3, 0.4) is 0 Å². The van der Waals surface area contributed by atoms with Crippen LogP contribution in [-0.2, 0) is 0 Å². The third-order valence-corrected chi connectivity index (χ3v) is 4.03. The van der Waals surface area contributed by atoms with Gasteiger partial charge in [0.1, 0.15) is 5.82 Å². The molecule has 2 aliphatic carbocycles. The van der Waals surface area contributed by atoms with Crippen molar-refractivity contribution < 1.29 is 4.39 Å². The highest BCUT2D eigenvalue weighted by Gasteiger charge is 2.32. The van der Waals surface area contributed by atoms with Gasteiger partial charge in [0.2, 0.25) is 0 Å². The molecule has 86 valence electrons. The van der Waals surface area contributed by atoms with Gasteiger partial charge in [-0.1, -0.05) is 18.6 Å². The standard InChI is InChI=1S/C14H18FN/c15-12-4-1-3-10(7-12)11-8-14(9-11)16-13-5-2-6-13/h1,3-4,7,11,13-14,16H,2,5-6,8-9H2. The Kier molecular flexibility index (Phi) is 2.68. The van der Waals surface area contributed by atoms with E-state index < -0.39 is 0 Å². The molecule has 0 heterocycles. The minimum Gasteiger partial charge on any atom is -0.311 e. The van der Waals surface area contributed by atoms with E-state index in [1.807, 2.05) is 12.1 Å². The fourth-order valence-corrected chi connectivity index (χ4v) is 2.69. The average molecular weight is 219 g/mol. The molecule has 2 fully saturated rings. The smallest absolute Gasteiger partial charge is 0.123 e. The third kappa shape index (κ3) is 1.99. The molecular formula is C14H18FN. The first-order valence-electron chi connectivity index (χ1n) is 6.33. The van der Waals surface area contributed by atoms with E-state index in [1.165, 1.54) is 43.7 Å². The van der Waals surface area contributed by atoms with E-state index in [-0.39, 0.29) is 5.82 Å². The van der Waals surface area contributed by atoms with Crippen LogP contribution in [0.4, 0.5) is 4.39 Å². The van der Waals surface area contributed by atoms with Gasteiger partial charge in [0.05, 0.1) is 0 Å². The Morgan fingerprint density at radius 2 is 1.94 bits per heavy atom. The minimum atomic E-state index is -0.104. The Hall–Kier alpha value is -0.890. The van der Waals surface area contributed by atoms with Gasteiger partial charge in [0.15, 0.2) is 0 Å². The Bertz CT molecular complexity index is 367. The van der Waals surface area contributed by atoms with E-state index in [0.717, 1.165) is 6.04 Å². The minimum absolute atomic E-state index is 0.104. The zero-order valence-electron chi connectivity index (χ0n) is 9.45. The van der Waals surface area contributed by atoms with E-state index in [1.54, 1.807) is 6.07 Å². The maximum absolute atomic E-state index is 13.0. The van der Waals surface area contributed by atoms with Gasteiger partial charge in [0.25, 0.3) is 0 Å². The predicted molar refractivity (Wildman–Crippen MR) is 62.9 cm³/mol. The first-order valence-corrected chi connectivity index (χ1v) is 6.33. The van der Waals surface area contributed by atoms with Crippen LogP contribution in [0.5, 0.6) is 0 Å². The summed E-state index contributed by atoms with van der Waals surface area (Å²) < 4.78 is 13.0. The molecule has 1 aromatic rings. The van der Waals surface area contributed by atoms with E-state index >= 15 is 0 Å². The summed E-state index contributed by atoms with van der Waals surface area (Å²) in [5, 5.41) is 3.67.